The summed E-state index contributed by atoms with van der Waals surface area (Å²) in [7, 11) is 0. The third-order valence-electron chi connectivity index (χ3n) is 3.95. The average molecular weight is 350 g/mol. The van der Waals surface area contributed by atoms with Gasteiger partial charge in [0, 0.05) is 24.2 Å². The van der Waals surface area contributed by atoms with Gasteiger partial charge in [0.05, 0.1) is 0 Å². The Labute approximate surface area is 150 Å². The predicted octanol–water partition coefficient (Wildman–Crippen LogP) is 3.16. The summed E-state index contributed by atoms with van der Waals surface area (Å²) in [6, 6.07) is 15.6. The molecule has 1 atom stereocenters. The number of benzene rings is 2. The van der Waals surface area contributed by atoms with E-state index in [0.717, 1.165) is 21.9 Å². The van der Waals surface area contributed by atoms with Crippen LogP contribution in [0.1, 0.15) is 11.1 Å². The lowest BCUT2D eigenvalue weighted by Crippen LogP contribution is -2.42. The van der Waals surface area contributed by atoms with Gasteiger partial charge in [-0.2, -0.15) is 0 Å². The van der Waals surface area contributed by atoms with E-state index in [9.17, 15) is 14.7 Å². The van der Waals surface area contributed by atoms with E-state index < -0.39 is 18.1 Å². The zero-order valence-corrected chi connectivity index (χ0v) is 14.0. The minimum Gasteiger partial charge on any atom is -0.480 e. The zero-order valence-electron chi connectivity index (χ0n) is 14.0. The second-order valence-electron chi connectivity index (χ2n) is 5.86. The van der Waals surface area contributed by atoms with Crippen LogP contribution in [0.3, 0.4) is 0 Å². The Hall–Kier alpha value is -3.41. The summed E-state index contributed by atoms with van der Waals surface area (Å²) < 4.78 is 5.10. The highest BCUT2D eigenvalue weighted by molar-refractivity contribution is 5.83. The van der Waals surface area contributed by atoms with Gasteiger partial charge in [-0.3, -0.25) is 4.98 Å². The molecule has 0 aliphatic rings. The monoisotopic (exact) mass is 350 g/mol. The van der Waals surface area contributed by atoms with Gasteiger partial charge < -0.3 is 15.2 Å². The van der Waals surface area contributed by atoms with Crippen molar-refractivity contribution in [3.8, 4) is 0 Å². The summed E-state index contributed by atoms with van der Waals surface area (Å²) in [5.74, 6) is -1.11. The molecule has 1 aromatic heterocycles. The highest BCUT2D eigenvalue weighted by atomic mass is 16.5. The zero-order chi connectivity index (χ0) is 18.4. The first-order chi connectivity index (χ1) is 12.6. The summed E-state index contributed by atoms with van der Waals surface area (Å²) in [4.78, 5) is 27.5. The van der Waals surface area contributed by atoms with Crippen LogP contribution >= 0.6 is 0 Å². The van der Waals surface area contributed by atoms with Crippen molar-refractivity contribution in [1.82, 2.24) is 10.3 Å². The number of ether oxygens (including phenoxy) is 1. The van der Waals surface area contributed by atoms with Crippen molar-refractivity contribution in [2.24, 2.45) is 0 Å². The van der Waals surface area contributed by atoms with Crippen LogP contribution in [0.4, 0.5) is 4.79 Å². The number of rotatable bonds is 6. The lowest BCUT2D eigenvalue weighted by molar-refractivity contribution is -0.139. The number of fused-ring (bicyclic) bond motifs is 1. The highest BCUT2D eigenvalue weighted by Gasteiger charge is 2.21. The first-order valence-corrected chi connectivity index (χ1v) is 8.14. The van der Waals surface area contributed by atoms with Crippen LogP contribution in [0, 0.1) is 0 Å². The molecule has 3 aromatic rings. The fraction of sp³-hybridized carbons (Fsp3) is 0.150. The molecule has 2 N–H and O–H groups in total. The summed E-state index contributed by atoms with van der Waals surface area (Å²) >= 11 is 0. The van der Waals surface area contributed by atoms with Crippen LogP contribution in [0.25, 0.3) is 10.8 Å². The second-order valence-corrected chi connectivity index (χ2v) is 5.86. The highest BCUT2D eigenvalue weighted by Crippen LogP contribution is 2.16. The number of nitrogens with one attached hydrogen (secondary N) is 1. The van der Waals surface area contributed by atoms with Crippen molar-refractivity contribution >= 4 is 22.8 Å². The Morgan fingerprint density at radius 2 is 1.85 bits per heavy atom. The van der Waals surface area contributed by atoms with Gasteiger partial charge in [0.1, 0.15) is 12.6 Å². The van der Waals surface area contributed by atoms with E-state index in [1.807, 2.05) is 54.6 Å². The summed E-state index contributed by atoms with van der Waals surface area (Å²) in [6.07, 6.45) is 2.83. The molecule has 3 rings (SSSR count). The van der Waals surface area contributed by atoms with Crippen molar-refractivity contribution < 1.29 is 19.4 Å². The number of carbonyl (C=O) groups excluding carboxylic acids is 1. The van der Waals surface area contributed by atoms with Crippen LogP contribution < -0.4 is 5.32 Å². The Morgan fingerprint density at radius 3 is 2.62 bits per heavy atom. The van der Waals surface area contributed by atoms with E-state index in [2.05, 4.69) is 10.3 Å². The molecule has 0 radical (unpaired) electrons. The van der Waals surface area contributed by atoms with E-state index in [1.54, 1.807) is 12.4 Å². The number of amides is 1. The molecule has 1 amide bonds. The van der Waals surface area contributed by atoms with Crippen LogP contribution in [-0.4, -0.2) is 28.2 Å². The minimum absolute atomic E-state index is 0.0853. The topological polar surface area (TPSA) is 88.5 Å². The fourth-order valence-electron chi connectivity index (χ4n) is 2.60. The number of nitrogens with zero attached hydrogens (tertiary/aromatic N) is 1. The van der Waals surface area contributed by atoms with Gasteiger partial charge in [-0.1, -0.05) is 48.5 Å². The SMILES string of the molecule is O=C(N[C@H](Cc1ccc2cnccc2c1)C(=O)O)OCc1ccccc1. The summed E-state index contributed by atoms with van der Waals surface area (Å²) in [5.41, 5.74) is 1.64. The van der Waals surface area contributed by atoms with Gasteiger partial charge in [0.25, 0.3) is 0 Å². The molecule has 0 fully saturated rings. The van der Waals surface area contributed by atoms with Crippen molar-refractivity contribution in [2.45, 2.75) is 19.1 Å². The quantitative estimate of drug-likeness (QED) is 0.713. The molecule has 26 heavy (non-hydrogen) atoms. The number of pyridine rings is 1. The maximum absolute atomic E-state index is 11.9. The van der Waals surface area contributed by atoms with Gasteiger partial charge in [0.2, 0.25) is 0 Å². The molecule has 0 bridgehead atoms. The van der Waals surface area contributed by atoms with Gasteiger partial charge in [-0.15, -0.1) is 0 Å². The number of hydrogen-bond acceptors (Lipinski definition) is 4. The Kier molecular flexibility index (Phi) is 5.43. The van der Waals surface area contributed by atoms with Crippen LogP contribution in [0.15, 0.2) is 67.0 Å². The lowest BCUT2D eigenvalue weighted by atomic mass is 10.0. The molecule has 0 unspecified atom stereocenters. The lowest BCUT2D eigenvalue weighted by Gasteiger charge is -2.15. The molecule has 0 aliphatic heterocycles. The van der Waals surface area contributed by atoms with Gasteiger partial charge in [-0.25, -0.2) is 9.59 Å². The molecule has 0 saturated heterocycles. The average Bonchev–Trinajstić information content (AvgIpc) is 2.66. The number of carbonyl (C=O) groups is 2. The third-order valence-corrected chi connectivity index (χ3v) is 3.95. The first kappa shape index (κ1) is 17.4. The van der Waals surface area contributed by atoms with Gasteiger partial charge in [-0.05, 0) is 22.6 Å². The molecule has 0 spiro atoms. The largest absolute Gasteiger partial charge is 0.480 e. The molecule has 6 heteroatoms. The van der Waals surface area contributed by atoms with E-state index in [0.29, 0.717) is 0 Å². The predicted molar refractivity (Wildman–Crippen MR) is 96.6 cm³/mol. The molecule has 1 heterocycles. The number of carboxylic acid groups (broad SMARTS) is 1. The first-order valence-electron chi connectivity index (χ1n) is 8.14. The second kappa shape index (κ2) is 8.11. The van der Waals surface area contributed by atoms with Crippen LogP contribution in [0.5, 0.6) is 0 Å². The number of aromatic nitrogens is 1. The molecule has 132 valence electrons. The fourth-order valence-corrected chi connectivity index (χ4v) is 2.60. The van der Waals surface area contributed by atoms with E-state index in [-0.39, 0.29) is 13.0 Å². The molecule has 0 aliphatic carbocycles. The molecule has 0 saturated carbocycles. The van der Waals surface area contributed by atoms with Crippen LogP contribution in [-0.2, 0) is 22.6 Å². The van der Waals surface area contributed by atoms with Crippen molar-refractivity contribution in [2.75, 3.05) is 0 Å². The molecular weight excluding hydrogens is 332 g/mol. The molecular formula is C20H18N2O4. The third kappa shape index (κ3) is 4.57. The minimum atomic E-state index is -1.11. The van der Waals surface area contributed by atoms with Crippen molar-refractivity contribution in [3.63, 3.8) is 0 Å². The normalized spacial score (nSPS) is 11.7. The number of carboxylic acids is 1. The number of aliphatic carboxylic acids is 1. The number of hydrogen-bond donors (Lipinski definition) is 2. The summed E-state index contributed by atoms with van der Waals surface area (Å²) in [6.45, 7) is 0.0853. The van der Waals surface area contributed by atoms with Crippen LogP contribution in [0.2, 0.25) is 0 Å². The Morgan fingerprint density at radius 1 is 1.04 bits per heavy atom. The van der Waals surface area contributed by atoms with Crippen molar-refractivity contribution in [3.05, 3.63) is 78.1 Å². The molecule has 2 aromatic carbocycles. The van der Waals surface area contributed by atoms with E-state index >= 15 is 0 Å². The standard InChI is InChI=1S/C20H18N2O4/c23-19(24)18(22-20(25)26-13-14-4-2-1-3-5-14)11-15-6-7-17-12-21-9-8-16(17)10-15/h1-10,12,18H,11,13H2,(H,22,25)(H,23,24)/t18-/m1/s1. The van der Waals surface area contributed by atoms with Crippen molar-refractivity contribution in [1.29, 1.82) is 0 Å². The van der Waals surface area contributed by atoms with E-state index in [1.165, 1.54) is 0 Å². The maximum Gasteiger partial charge on any atom is 0.408 e. The van der Waals surface area contributed by atoms with Gasteiger partial charge >= 0.3 is 12.1 Å². The molecule has 6 nitrogen and oxygen atoms in total. The Balaban J connectivity index is 1.62. The Bertz CT molecular complexity index is 912. The van der Waals surface area contributed by atoms with E-state index in [4.69, 9.17) is 4.74 Å². The number of alkyl carbamates (subject to hydrolysis) is 1. The summed E-state index contributed by atoms with van der Waals surface area (Å²) in [5, 5.41) is 13.7. The maximum atomic E-state index is 11.9. The smallest absolute Gasteiger partial charge is 0.408 e. The van der Waals surface area contributed by atoms with Gasteiger partial charge in [0.15, 0.2) is 0 Å².